The Hall–Kier alpha value is -1.84. The fourth-order valence-electron chi connectivity index (χ4n) is 1.63. The third-order valence-electron chi connectivity index (χ3n) is 2.60. The van der Waals surface area contributed by atoms with Crippen molar-refractivity contribution in [3.05, 3.63) is 29.6 Å². The van der Waals surface area contributed by atoms with Crippen molar-refractivity contribution in [3.8, 4) is 11.3 Å². The highest BCUT2D eigenvalue weighted by Crippen LogP contribution is 2.26. The van der Waals surface area contributed by atoms with Gasteiger partial charge in [-0.05, 0) is 26.0 Å². The average Bonchev–Trinajstić information content (AvgIpc) is 2.47. The smallest absolute Gasteiger partial charge is 0.124 e. The van der Waals surface area contributed by atoms with E-state index in [1.807, 2.05) is 33.0 Å². The molecular formula is C11H14N4. The van der Waals surface area contributed by atoms with Crippen LogP contribution in [0, 0.1) is 13.8 Å². The minimum absolute atomic E-state index is 0.702. The van der Waals surface area contributed by atoms with Gasteiger partial charge in [-0.1, -0.05) is 0 Å². The highest BCUT2D eigenvalue weighted by Gasteiger charge is 2.13. The molecular weight excluding hydrogens is 188 g/mol. The van der Waals surface area contributed by atoms with Crippen molar-refractivity contribution in [1.82, 2.24) is 14.8 Å². The van der Waals surface area contributed by atoms with Crippen LogP contribution in [-0.2, 0) is 7.05 Å². The van der Waals surface area contributed by atoms with Gasteiger partial charge in [0.25, 0.3) is 0 Å². The molecule has 2 aromatic heterocycles. The summed E-state index contributed by atoms with van der Waals surface area (Å²) in [5.74, 6) is 0.702. The van der Waals surface area contributed by atoms with E-state index in [1.165, 1.54) is 0 Å². The third-order valence-corrected chi connectivity index (χ3v) is 2.60. The van der Waals surface area contributed by atoms with Gasteiger partial charge >= 0.3 is 0 Å². The molecule has 0 spiro atoms. The molecule has 0 fully saturated rings. The van der Waals surface area contributed by atoms with Gasteiger partial charge in [-0.25, -0.2) is 0 Å². The molecule has 2 N–H and O–H groups in total. The summed E-state index contributed by atoms with van der Waals surface area (Å²) in [6, 6.07) is 3.92. The third kappa shape index (κ3) is 1.48. The lowest BCUT2D eigenvalue weighted by Gasteiger charge is -2.01. The molecule has 78 valence electrons. The molecule has 15 heavy (non-hydrogen) atoms. The fourth-order valence-corrected chi connectivity index (χ4v) is 1.63. The van der Waals surface area contributed by atoms with Crippen LogP contribution in [0.2, 0.25) is 0 Å². The van der Waals surface area contributed by atoms with Crippen molar-refractivity contribution < 1.29 is 0 Å². The first-order valence-corrected chi connectivity index (χ1v) is 4.82. The zero-order chi connectivity index (χ0) is 11.0. The van der Waals surface area contributed by atoms with E-state index in [2.05, 4.69) is 10.1 Å². The van der Waals surface area contributed by atoms with E-state index >= 15 is 0 Å². The molecule has 0 unspecified atom stereocenters. The number of nitrogens with zero attached hydrogens (tertiary/aromatic N) is 3. The fraction of sp³-hybridized carbons (Fsp3) is 0.273. The number of aryl methyl sites for hydroxylation is 2. The summed E-state index contributed by atoms with van der Waals surface area (Å²) in [6.07, 6.45) is 1.78. The number of aromatic nitrogens is 3. The van der Waals surface area contributed by atoms with Gasteiger partial charge in [-0.15, -0.1) is 0 Å². The lowest BCUT2D eigenvalue weighted by molar-refractivity contribution is 0.781. The molecule has 0 amide bonds. The summed E-state index contributed by atoms with van der Waals surface area (Å²) >= 11 is 0. The molecule has 2 rings (SSSR count). The van der Waals surface area contributed by atoms with E-state index in [4.69, 9.17) is 5.73 Å². The molecule has 0 aliphatic carbocycles. The van der Waals surface area contributed by atoms with Crippen LogP contribution in [0.15, 0.2) is 18.3 Å². The number of hydrogen-bond donors (Lipinski definition) is 1. The predicted octanol–water partition coefficient (Wildman–Crippen LogP) is 1.68. The van der Waals surface area contributed by atoms with Crippen molar-refractivity contribution >= 4 is 5.82 Å². The van der Waals surface area contributed by atoms with Crippen LogP contribution in [0.25, 0.3) is 11.3 Å². The van der Waals surface area contributed by atoms with Crippen molar-refractivity contribution in [3.63, 3.8) is 0 Å². The maximum Gasteiger partial charge on any atom is 0.124 e. The molecule has 2 heterocycles. The Morgan fingerprint density at radius 2 is 2.07 bits per heavy atom. The van der Waals surface area contributed by atoms with E-state index in [-0.39, 0.29) is 0 Å². The van der Waals surface area contributed by atoms with E-state index in [9.17, 15) is 0 Å². The number of pyridine rings is 1. The van der Waals surface area contributed by atoms with Crippen molar-refractivity contribution in [2.45, 2.75) is 13.8 Å². The normalized spacial score (nSPS) is 10.6. The molecule has 0 saturated carbocycles. The largest absolute Gasteiger partial charge is 0.384 e. The molecule has 0 aliphatic rings. The van der Waals surface area contributed by atoms with E-state index < -0.39 is 0 Å². The molecule has 0 aliphatic heterocycles. The van der Waals surface area contributed by atoms with Crippen LogP contribution < -0.4 is 5.73 Å². The molecule has 0 saturated heterocycles. The first-order valence-electron chi connectivity index (χ1n) is 4.82. The summed E-state index contributed by atoms with van der Waals surface area (Å²) < 4.78 is 1.69. The maximum absolute atomic E-state index is 5.87. The van der Waals surface area contributed by atoms with Crippen LogP contribution in [0.4, 0.5) is 5.82 Å². The molecule has 0 atom stereocenters. The van der Waals surface area contributed by atoms with Gasteiger partial charge in [-0.3, -0.25) is 9.67 Å². The Balaban J connectivity index is 2.65. The highest BCUT2D eigenvalue weighted by atomic mass is 15.3. The predicted molar refractivity (Wildman–Crippen MR) is 60.3 cm³/mol. The van der Waals surface area contributed by atoms with Crippen molar-refractivity contribution in [2.75, 3.05) is 5.73 Å². The molecule has 0 aromatic carbocycles. The van der Waals surface area contributed by atoms with Gasteiger partial charge in [0.05, 0.1) is 5.69 Å². The van der Waals surface area contributed by atoms with Crippen molar-refractivity contribution in [2.24, 2.45) is 7.05 Å². The Morgan fingerprint density at radius 3 is 2.60 bits per heavy atom. The minimum atomic E-state index is 0.702. The topological polar surface area (TPSA) is 56.7 Å². The summed E-state index contributed by atoms with van der Waals surface area (Å²) in [7, 11) is 1.84. The summed E-state index contributed by atoms with van der Waals surface area (Å²) in [5, 5.41) is 4.39. The van der Waals surface area contributed by atoms with Gasteiger partial charge in [0.15, 0.2) is 0 Å². The van der Waals surface area contributed by atoms with E-state index in [1.54, 1.807) is 10.9 Å². The number of rotatable bonds is 1. The quantitative estimate of drug-likeness (QED) is 0.765. The average molecular weight is 202 g/mol. The highest BCUT2D eigenvalue weighted by molar-refractivity contribution is 5.69. The number of anilines is 1. The summed E-state index contributed by atoms with van der Waals surface area (Å²) in [4.78, 5) is 4.25. The second-order valence-corrected chi connectivity index (χ2v) is 3.62. The van der Waals surface area contributed by atoms with Gasteiger partial charge < -0.3 is 5.73 Å². The SMILES string of the molecule is Cc1ncccc1-c1nn(C)c(N)c1C. The van der Waals surface area contributed by atoms with Crippen LogP contribution in [0.1, 0.15) is 11.3 Å². The zero-order valence-electron chi connectivity index (χ0n) is 9.15. The monoisotopic (exact) mass is 202 g/mol. The number of hydrogen-bond acceptors (Lipinski definition) is 3. The molecule has 0 bridgehead atoms. The minimum Gasteiger partial charge on any atom is -0.384 e. The Kier molecular flexibility index (Phi) is 2.19. The Morgan fingerprint density at radius 1 is 1.33 bits per heavy atom. The van der Waals surface area contributed by atoms with Gasteiger partial charge in [-0.2, -0.15) is 5.10 Å². The van der Waals surface area contributed by atoms with E-state index in [0.717, 1.165) is 22.5 Å². The zero-order valence-corrected chi connectivity index (χ0v) is 9.15. The van der Waals surface area contributed by atoms with Crippen LogP contribution in [-0.4, -0.2) is 14.8 Å². The lowest BCUT2D eigenvalue weighted by Crippen LogP contribution is -1.97. The standard InChI is InChI=1S/C11H14N4/c1-7-10(14-15(3)11(7)12)9-5-4-6-13-8(9)2/h4-6H,12H2,1-3H3. The lowest BCUT2D eigenvalue weighted by atomic mass is 10.1. The molecule has 4 nitrogen and oxygen atoms in total. The molecule has 2 aromatic rings. The summed E-state index contributed by atoms with van der Waals surface area (Å²) in [6.45, 7) is 3.95. The van der Waals surface area contributed by atoms with Gasteiger partial charge in [0.2, 0.25) is 0 Å². The second-order valence-electron chi connectivity index (χ2n) is 3.62. The van der Waals surface area contributed by atoms with Gasteiger partial charge in [0, 0.05) is 30.1 Å². The second kappa shape index (κ2) is 3.38. The number of nitrogens with two attached hydrogens (primary N) is 1. The first-order chi connectivity index (χ1) is 7.11. The van der Waals surface area contributed by atoms with Gasteiger partial charge in [0.1, 0.15) is 5.82 Å². The maximum atomic E-state index is 5.87. The van der Waals surface area contributed by atoms with Crippen LogP contribution in [0.5, 0.6) is 0 Å². The van der Waals surface area contributed by atoms with E-state index in [0.29, 0.717) is 5.82 Å². The Labute approximate surface area is 88.8 Å². The van der Waals surface area contributed by atoms with Crippen LogP contribution in [0.3, 0.4) is 0 Å². The van der Waals surface area contributed by atoms with Crippen LogP contribution >= 0.6 is 0 Å². The molecule has 4 heteroatoms. The Bertz CT molecular complexity index is 499. The molecule has 0 radical (unpaired) electrons. The number of nitrogen functional groups attached to an aromatic ring is 1. The first kappa shape index (κ1) is 9.71. The summed E-state index contributed by atoms with van der Waals surface area (Å²) in [5.41, 5.74) is 9.81. The van der Waals surface area contributed by atoms with Crippen molar-refractivity contribution in [1.29, 1.82) is 0 Å².